The second kappa shape index (κ2) is 9.45. The summed E-state index contributed by atoms with van der Waals surface area (Å²) in [5.74, 6) is -0.120. The van der Waals surface area contributed by atoms with Gasteiger partial charge in [0.2, 0.25) is 15.9 Å². The van der Waals surface area contributed by atoms with Crippen LogP contribution in [0.5, 0.6) is 0 Å². The molecule has 0 aliphatic heterocycles. The molecule has 0 unspecified atom stereocenters. The molecule has 6 nitrogen and oxygen atoms in total. The highest BCUT2D eigenvalue weighted by Crippen LogP contribution is 2.24. The zero-order valence-electron chi connectivity index (χ0n) is 17.7. The van der Waals surface area contributed by atoms with Crippen molar-refractivity contribution in [2.24, 2.45) is 0 Å². The molecule has 2 aromatic carbocycles. The molecule has 1 amide bonds. The molecule has 0 radical (unpaired) electrons. The molecule has 1 heterocycles. The van der Waals surface area contributed by atoms with Crippen molar-refractivity contribution in [3.63, 3.8) is 0 Å². The number of nitrogens with one attached hydrogen (secondary N) is 2. The van der Waals surface area contributed by atoms with Crippen LogP contribution in [0, 0.1) is 6.92 Å². The van der Waals surface area contributed by atoms with Gasteiger partial charge in [-0.3, -0.25) is 4.79 Å². The number of sulfonamides is 1. The number of benzene rings is 2. The highest BCUT2D eigenvalue weighted by Gasteiger charge is 2.24. The van der Waals surface area contributed by atoms with E-state index in [0.717, 1.165) is 11.9 Å². The quantitative estimate of drug-likeness (QED) is 0.529. The van der Waals surface area contributed by atoms with Crippen molar-refractivity contribution in [1.29, 1.82) is 0 Å². The van der Waals surface area contributed by atoms with Crippen LogP contribution in [0.3, 0.4) is 0 Å². The molecular formula is C23H29N3O3S. The summed E-state index contributed by atoms with van der Waals surface area (Å²) < 4.78 is 27.2. The van der Waals surface area contributed by atoms with Gasteiger partial charge in [-0.1, -0.05) is 38.1 Å². The van der Waals surface area contributed by atoms with E-state index in [1.54, 1.807) is 25.1 Å². The van der Waals surface area contributed by atoms with Crippen molar-refractivity contribution >= 4 is 32.5 Å². The maximum Gasteiger partial charge on any atom is 0.243 e. The minimum atomic E-state index is -3.58. The summed E-state index contributed by atoms with van der Waals surface area (Å²) in [6.07, 6.45) is 3.87. The summed E-state index contributed by atoms with van der Waals surface area (Å²) in [4.78, 5) is 15.9. The minimum Gasteiger partial charge on any atom is -0.361 e. The largest absolute Gasteiger partial charge is 0.361 e. The molecule has 0 spiro atoms. The van der Waals surface area contributed by atoms with E-state index in [4.69, 9.17) is 0 Å². The molecular weight excluding hydrogens is 398 g/mol. The van der Waals surface area contributed by atoms with Crippen molar-refractivity contribution in [2.75, 3.05) is 18.4 Å². The predicted molar refractivity (Wildman–Crippen MR) is 121 cm³/mol. The summed E-state index contributed by atoms with van der Waals surface area (Å²) in [5, 5.41) is 4.03. The predicted octanol–water partition coefficient (Wildman–Crippen LogP) is 4.47. The van der Waals surface area contributed by atoms with Crippen LogP contribution >= 0.6 is 0 Å². The molecule has 0 atom stereocenters. The molecule has 0 fully saturated rings. The highest BCUT2D eigenvalue weighted by atomic mass is 32.2. The summed E-state index contributed by atoms with van der Waals surface area (Å²) in [5.41, 5.74) is 3.46. The molecule has 2 N–H and O–H groups in total. The zero-order valence-corrected chi connectivity index (χ0v) is 18.6. The Morgan fingerprint density at radius 3 is 2.57 bits per heavy atom. The Balaban J connectivity index is 1.64. The monoisotopic (exact) mass is 427 g/mol. The van der Waals surface area contributed by atoms with Gasteiger partial charge in [0.15, 0.2) is 0 Å². The highest BCUT2D eigenvalue weighted by molar-refractivity contribution is 7.89. The van der Waals surface area contributed by atoms with Gasteiger partial charge in [-0.2, -0.15) is 4.31 Å². The van der Waals surface area contributed by atoms with Gasteiger partial charge >= 0.3 is 0 Å². The van der Waals surface area contributed by atoms with Crippen molar-refractivity contribution in [2.45, 2.75) is 44.9 Å². The SMILES string of the molecule is CCN(CC)S(=O)(=O)c1cc(NC(=O)CCCc2c[nH]c3ccccc23)ccc1C. The van der Waals surface area contributed by atoms with Crippen LogP contribution in [0.4, 0.5) is 5.69 Å². The van der Waals surface area contributed by atoms with E-state index in [1.165, 1.54) is 15.3 Å². The number of hydrogen-bond donors (Lipinski definition) is 2. The van der Waals surface area contributed by atoms with E-state index < -0.39 is 10.0 Å². The first-order chi connectivity index (χ1) is 14.4. The number of aromatic nitrogens is 1. The lowest BCUT2D eigenvalue weighted by Crippen LogP contribution is -2.31. The zero-order chi connectivity index (χ0) is 21.7. The van der Waals surface area contributed by atoms with Crippen LogP contribution in [-0.4, -0.2) is 36.7 Å². The van der Waals surface area contributed by atoms with Crippen molar-refractivity contribution in [3.05, 3.63) is 59.8 Å². The number of amides is 1. The van der Waals surface area contributed by atoms with E-state index in [9.17, 15) is 13.2 Å². The Labute approximate surface area is 178 Å². The third-order valence-corrected chi connectivity index (χ3v) is 7.51. The van der Waals surface area contributed by atoms with Gasteiger partial charge in [-0.15, -0.1) is 0 Å². The average Bonchev–Trinajstić information content (AvgIpc) is 3.13. The molecule has 0 saturated carbocycles. The van der Waals surface area contributed by atoms with Crippen molar-refractivity contribution in [1.82, 2.24) is 9.29 Å². The molecule has 7 heteroatoms. The van der Waals surface area contributed by atoms with E-state index in [1.807, 2.05) is 38.2 Å². The van der Waals surface area contributed by atoms with Gasteiger partial charge in [0.1, 0.15) is 0 Å². The standard InChI is InChI=1S/C23H29N3O3S/c1-4-26(5-2)30(28,29)22-15-19(14-13-17(22)3)25-23(27)12-8-9-18-16-24-21-11-7-6-10-20(18)21/h6-7,10-11,13-16,24H,4-5,8-9,12H2,1-3H3,(H,25,27). The van der Waals surface area contributed by atoms with Crippen LogP contribution in [0.2, 0.25) is 0 Å². The lowest BCUT2D eigenvalue weighted by molar-refractivity contribution is -0.116. The summed E-state index contributed by atoms with van der Waals surface area (Å²) >= 11 is 0. The molecule has 0 aliphatic carbocycles. The van der Waals surface area contributed by atoms with Gasteiger partial charge in [0.25, 0.3) is 0 Å². The fourth-order valence-corrected chi connectivity index (χ4v) is 5.37. The first-order valence-corrected chi connectivity index (χ1v) is 11.8. The van der Waals surface area contributed by atoms with Gasteiger partial charge in [0, 0.05) is 42.3 Å². The number of anilines is 1. The Morgan fingerprint density at radius 2 is 1.83 bits per heavy atom. The number of aryl methyl sites for hydroxylation is 2. The summed E-state index contributed by atoms with van der Waals surface area (Å²) in [7, 11) is -3.58. The number of fused-ring (bicyclic) bond motifs is 1. The van der Waals surface area contributed by atoms with Crippen LogP contribution in [-0.2, 0) is 21.2 Å². The second-order valence-electron chi connectivity index (χ2n) is 7.33. The smallest absolute Gasteiger partial charge is 0.243 e. The number of para-hydroxylation sites is 1. The van der Waals surface area contributed by atoms with E-state index in [2.05, 4.69) is 16.4 Å². The Bertz CT molecular complexity index is 1130. The summed E-state index contributed by atoms with van der Waals surface area (Å²) in [6, 6.07) is 13.1. The van der Waals surface area contributed by atoms with Gasteiger partial charge in [-0.25, -0.2) is 8.42 Å². The number of carbonyl (C=O) groups excluding carboxylic acids is 1. The third-order valence-electron chi connectivity index (χ3n) is 5.32. The first kappa shape index (κ1) is 22.1. The van der Waals surface area contributed by atoms with Crippen molar-refractivity contribution < 1.29 is 13.2 Å². The first-order valence-electron chi connectivity index (χ1n) is 10.3. The molecule has 1 aromatic heterocycles. The van der Waals surface area contributed by atoms with E-state index in [0.29, 0.717) is 37.2 Å². The molecule has 3 aromatic rings. The van der Waals surface area contributed by atoms with Gasteiger partial charge in [-0.05, 0) is 49.1 Å². The number of rotatable bonds is 9. The second-order valence-corrected chi connectivity index (χ2v) is 9.24. The van der Waals surface area contributed by atoms with Crippen molar-refractivity contribution in [3.8, 4) is 0 Å². The average molecular weight is 428 g/mol. The lowest BCUT2D eigenvalue weighted by atomic mass is 10.1. The Hall–Kier alpha value is -2.64. The van der Waals surface area contributed by atoms with Crippen LogP contribution in [0.15, 0.2) is 53.6 Å². The maximum atomic E-state index is 12.9. The number of hydrogen-bond acceptors (Lipinski definition) is 3. The fourth-order valence-electron chi connectivity index (χ4n) is 3.66. The molecule has 30 heavy (non-hydrogen) atoms. The number of carbonyl (C=O) groups is 1. The fraction of sp³-hybridized carbons (Fsp3) is 0.348. The van der Waals surface area contributed by atoms with E-state index >= 15 is 0 Å². The molecule has 0 aliphatic rings. The lowest BCUT2D eigenvalue weighted by Gasteiger charge is -2.20. The van der Waals surface area contributed by atoms with E-state index in [-0.39, 0.29) is 10.8 Å². The normalized spacial score (nSPS) is 11.9. The maximum absolute atomic E-state index is 12.9. The minimum absolute atomic E-state index is 0.120. The molecule has 160 valence electrons. The topological polar surface area (TPSA) is 82.3 Å². The molecule has 0 saturated heterocycles. The summed E-state index contributed by atoms with van der Waals surface area (Å²) in [6.45, 7) is 6.21. The number of nitrogens with zero attached hydrogens (tertiary/aromatic N) is 1. The Morgan fingerprint density at radius 1 is 1.10 bits per heavy atom. The van der Waals surface area contributed by atoms with Crippen LogP contribution < -0.4 is 5.32 Å². The van der Waals surface area contributed by atoms with Gasteiger partial charge in [0.05, 0.1) is 4.90 Å². The number of aromatic amines is 1. The third kappa shape index (κ3) is 4.74. The van der Waals surface area contributed by atoms with Gasteiger partial charge < -0.3 is 10.3 Å². The molecule has 3 rings (SSSR count). The molecule has 0 bridgehead atoms. The van der Waals surface area contributed by atoms with Crippen LogP contribution in [0.25, 0.3) is 10.9 Å². The van der Waals surface area contributed by atoms with Crippen LogP contribution in [0.1, 0.15) is 37.8 Å². The Kier molecular flexibility index (Phi) is 6.95. The number of H-pyrrole nitrogens is 1.